The number of nitrogens with one attached hydrogen (secondary N) is 1. The zero-order chi connectivity index (χ0) is 8.27. The minimum absolute atomic E-state index is 0.0216. The van der Waals surface area contributed by atoms with Gasteiger partial charge in [0.2, 0.25) is 5.91 Å². The highest BCUT2D eigenvalue weighted by Gasteiger charge is 2.26. The molecular formula is C8H12N2O. The van der Waals surface area contributed by atoms with Gasteiger partial charge in [-0.25, -0.2) is 0 Å². The first-order valence-electron chi connectivity index (χ1n) is 3.67. The highest BCUT2D eigenvalue weighted by Crippen LogP contribution is 2.04. The Kier molecular flexibility index (Phi) is 2.50. The van der Waals surface area contributed by atoms with Gasteiger partial charge in [0.1, 0.15) is 0 Å². The summed E-state index contributed by atoms with van der Waals surface area (Å²) in [4.78, 5) is 12.8. The number of carbonyl (C=O) groups excluding carboxylic acids is 1. The van der Waals surface area contributed by atoms with Gasteiger partial charge in [0.15, 0.2) is 0 Å². The molecule has 1 amide bonds. The van der Waals surface area contributed by atoms with Crippen LogP contribution in [0.5, 0.6) is 0 Å². The largest absolute Gasteiger partial charge is 0.333 e. The first kappa shape index (κ1) is 8.09. The van der Waals surface area contributed by atoms with E-state index < -0.39 is 0 Å². The van der Waals surface area contributed by atoms with Crippen molar-refractivity contribution in [3.05, 3.63) is 0 Å². The predicted molar refractivity (Wildman–Crippen MR) is 42.9 cm³/mol. The Morgan fingerprint density at radius 1 is 1.91 bits per heavy atom. The summed E-state index contributed by atoms with van der Waals surface area (Å²) in [6, 6.07) is 0.0216. The molecule has 0 aromatic rings. The molecule has 60 valence electrons. The second-order valence-electron chi connectivity index (χ2n) is 2.69. The van der Waals surface area contributed by atoms with E-state index in [9.17, 15) is 4.79 Å². The van der Waals surface area contributed by atoms with Crippen LogP contribution < -0.4 is 5.32 Å². The van der Waals surface area contributed by atoms with Gasteiger partial charge in [0, 0.05) is 7.05 Å². The Balaban J connectivity index is 2.34. The predicted octanol–water partition coefficient (Wildman–Crippen LogP) is -0.560. The van der Waals surface area contributed by atoms with E-state index in [2.05, 4.69) is 11.2 Å². The monoisotopic (exact) mass is 152 g/mol. The van der Waals surface area contributed by atoms with Gasteiger partial charge in [-0.15, -0.1) is 6.42 Å². The minimum atomic E-state index is 0.0216. The van der Waals surface area contributed by atoms with Crippen LogP contribution in [-0.2, 0) is 4.79 Å². The number of hydrogen-bond donors (Lipinski definition) is 1. The first-order chi connectivity index (χ1) is 5.25. The number of hydrogen-bond acceptors (Lipinski definition) is 2. The third-order valence-electron chi connectivity index (χ3n) is 1.83. The number of terminal acetylenes is 1. The van der Waals surface area contributed by atoms with E-state index in [1.54, 1.807) is 11.9 Å². The lowest BCUT2D eigenvalue weighted by Crippen LogP contribution is -2.53. The highest BCUT2D eigenvalue weighted by molar-refractivity contribution is 5.82. The van der Waals surface area contributed by atoms with Crippen molar-refractivity contribution < 1.29 is 4.79 Å². The second kappa shape index (κ2) is 3.40. The number of nitrogens with zero attached hydrogens (tertiary/aromatic N) is 1. The lowest BCUT2D eigenvalue weighted by molar-refractivity contribution is -0.133. The van der Waals surface area contributed by atoms with Gasteiger partial charge in [0.25, 0.3) is 0 Å². The molecule has 0 bridgehead atoms. The summed E-state index contributed by atoms with van der Waals surface area (Å²) in [6.07, 6.45) is 6.00. The quantitative estimate of drug-likeness (QED) is 0.538. The second-order valence-corrected chi connectivity index (χ2v) is 2.69. The summed E-state index contributed by atoms with van der Waals surface area (Å²) >= 11 is 0. The van der Waals surface area contributed by atoms with Gasteiger partial charge in [-0.05, 0) is 13.0 Å². The van der Waals surface area contributed by atoms with Crippen LogP contribution in [0, 0.1) is 12.3 Å². The molecular weight excluding hydrogens is 140 g/mol. The average molecular weight is 152 g/mol. The molecule has 1 rings (SSSR count). The zero-order valence-corrected chi connectivity index (χ0v) is 6.63. The lowest BCUT2D eigenvalue weighted by Gasteiger charge is -2.29. The third kappa shape index (κ3) is 1.72. The highest BCUT2D eigenvalue weighted by atomic mass is 16.2. The summed E-state index contributed by atoms with van der Waals surface area (Å²) in [5.74, 6) is 2.53. The van der Waals surface area contributed by atoms with Gasteiger partial charge in [0.05, 0.1) is 12.6 Å². The smallest absolute Gasteiger partial charge is 0.240 e. The van der Waals surface area contributed by atoms with Crippen LogP contribution in [0.2, 0.25) is 0 Å². The summed E-state index contributed by atoms with van der Waals surface area (Å²) in [5.41, 5.74) is 0. The van der Waals surface area contributed by atoms with Gasteiger partial charge in [-0.1, -0.05) is 5.92 Å². The Morgan fingerprint density at radius 2 is 2.55 bits per heavy atom. The van der Waals surface area contributed by atoms with E-state index in [0.717, 1.165) is 13.0 Å². The van der Waals surface area contributed by atoms with Crippen molar-refractivity contribution in [2.45, 2.75) is 12.5 Å². The molecule has 0 saturated carbocycles. The Bertz CT molecular complexity index is 191. The zero-order valence-electron chi connectivity index (χ0n) is 6.63. The fraction of sp³-hybridized carbons (Fsp3) is 0.625. The van der Waals surface area contributed by atoms with Crippen molar-refractivity contribution in [3.8, 4) is 12.3 Å². The number of carbonyl (C=O) groups is 1. The molecule has 1 N–H and O–H groups in total. The van der Waals surface area contributed by atoms with Crippen LogP contribution in [0.15, 0.2) is 0 Å². The summed E-state index contributed by atoms with van der Waals surface area (Å²) in [7, 11) is 1.72. The molecule has 1 unspecified atom stereocenters. The Labute approximate surface area is 66.8 Å². The van der Waals surface area contributed by atoms with Crippen molar-refractivity contribution >= 4 is 5.91 Å². The van der Waals surface area contributed by atoms with E-state index in [-0.39, 0.29) is 11.9 Å². The lowest BCUT2D eigenvalue weighted by atomic mass is 10.1. The van der Waals surface area contributed by atoms with Crippen LogP contribution in [0.3, 0.4) is 0 Å². The van der Waals surface area contributed by atoms with Gasteiger partial charge >= 0.3 is 0 Å². The van der Waals surface area contributed by atoms with Crippen molar-refractivity contribution in [3.63, 3.8) is 0 Å². The summed E-state index contributed by atoms with van der Waals surface area (Å²) in [5, 5.41) is 3.02. The molecule has 3 heteroatoms. The molecule has 1 aliphatic heterocycles. The molecule has 1 aliphatic rings. The summed E-state index contributed by atoms with van der Waals surface area (Å²) in [6.45, 7) is 1.34. The van der Waals surface area contributed by atoms with Gasteiger partial charge < -0.3 is 10.2 Å². The number of likely N-dealkylation sites (N-methyl/N-ethyl adjacent to an activating group) is 1. The van der Waals surface area contributed by atoms with Crippen LogP contribution >= 0.6 is 0 Å². The van der Waals surface area contributed by atoms with Crippen molar-refractivity contribution in [1.82, 2.24) is 10.2 Å². The molecule has 1 fully saturated rings. The Hall–Kier alpha value is -1.01. The molecule has 1 atom stereocenters. The van der Waals surface area contributed by atoms with E-state index in [1.807, 2.05) is 0 Å². The fourth-order valence-electron chi connectivity index (χ4n) is 0.980. The van der Waals surface area contributed by atoms with E-state index >= 15 is 0 Å². The van der Waals surface area contributed by atoms with Crippen LogP contribution in [-0.4, -0.2) is 37.0 Å². The molecule has 1 heterocycles. The van der Waals surface area contributed by atoms with E-state index in [4.69, 9.17) is 6.42 Å². The fourth-order valence-corrected chi connectivity index (χ4v) is 0.980. The maximum Gasteiger partial charge on any atom is 0.240 e. The summed E-state index contributed by atoms with van der Waals surface area (Å²) < 4.78 is 0. The molecule has 0 aromatic heterocycles. The molecule has 3 nitrogen and oxygen atoms in total. The standard InChI is InChI=1S/C8H12N2O/c1-3-6-10(2)8(11)7-4-5-9-7/h1,7,9H,4-6H2,2H3. The number of rotatable bonds is 2. The number of amides is 1. The van der Waals surface area contributed by atoms with Crippen LogP contribution in [0.1, 0.15) is 6.42 Å². The molecule has 0 spiro atoms. The first-order valence-corrected chi connectivity index (χ1v) is 3.67. The maximum atomic E-state index is 11.3. The molecule has 1 saturated heterocycles. The molecule has 11 heavy (non-hydrogen) atoms. The van der Waals surface area contributed by atoms with E-state index in [1.165, 1.54) is 0 Å². The molecule has 0 aromatic carbocycles. The SMILES string of the molecule is C#CCN(C)C(=O)C1CCN1. The van der Waals surface area contributed by atoms with Crippen LogP contribution in [0.25, 0.3) is 0 Å². The van der Waals surface area contributed by atoms with Crippen molar-refractivity contribution in [2.24, 2.45) is 0 Å². The van der Waals surface area contributed by atoms with E-state index in [0.29, 0.717) is 6.54 Å². The van der Waals surface area contributed by atoms with Crippen molar-refractivity contribution in [1.29, 1.82) is 0 Å². The normalized spacial score (nSPS) is 21.6. The third-order valence-corrected chi connectivity index (χ3v) is 1.83. The topological polar surface area (TPSA) is 32.3 Å². The van der Waals surface area contributed by atoms with Gasteiger partial charge in [-0.2, -0.15) is 0 Å². The van der Waals surface area contributed by atoms with Crippen LogP contribution in [0.4, 0.5) is 0 Å². The molecule has 0 aliphatic carbocycles. The van der Waals surface area contributed by atoms with Gasteiger partial charge in [-0.3, -0.25) is 4.79 Å². The molecule has 0 radical (unpaired) electrons. The minimum Gasteiger partial charge on any atom is -0.333 e. The Morgan fingerprint density at radius 3 is 2.91 bits per heavy atom. The maximum absolute atomic E-state index is 11.3. The average Bonchev–Trinajstić information content (AvgIpc) is 1.84. The van der Waals surface area contributed by atoms with Crippen molar-refractivity contribution in [2.75, 3.05) is 20.1 Å².